The van der Waals surface area contributed by atoms with Crippen LogP contribution in [0, 0.1) is 12.3 Å². The van der Waals surface area contributed by atoms with Crippen LogP contribution in [0.4, 0.5) is 0 Å². The molecule has 1 aliphatic carbocycles. The van der Waals surface area contributed by atoms with Crippen molar-refractivity contribution < 1.29 is 9.53 Å². The van der Waals surface area contributed by atoms with E-state index in [-0.39, 0.29) is 5.78 Å². The van der Waals surface area contributed by atoms with Crippen molar-refractivity contribution in [3.8, 4) is 0 Å². The second kappa shape index (κ2) is 4.78. The van der Waals surface area contributed by atoms with Crippen molar-refractivity contribution in [1.82, 2.24) is 0 Å². The van der Waals surface area contributed by atoms with E-state index in [1.807, 2.05) is 19.1 Å². The zero-order chi connectivity index (χ0) is 13.4. The first-order valence-electron chi connectivity index (χ1n) is 6.55. The van der Waals surface area contributed by atoms with Crippen LogP contribution in [0.25, 0.3) is 0 Å². The van der Waals surface area contributed by atoms with Gasteiger partial charge in [-0.15, -0.1) is 11.3 Å². The minimum absolute atomic E-state index is 0.179. The molecule has 0 bridgehead atoms. The van der Waals surface area contributed by atoms with Gasteiger partial charge >= 0.3 is 0 Å². The molecule has 0 spiro atoms. The topological polar surface area (TPSA) is 26.3 Å². The van der Waals surface area contributed by atoms with Crippen LogP contribution in [-0.4, -0.2) is 18.5 Å². The first kappa shape index (κ1) is 13.8. The Kier molecular flexibility index (Phi) is 3.65. The largest absolute Gasteiger partial charge is 0.370 e. The van der Waals surface area contributed by atoms with E-state index in [1.165, 1.54) is 4.88 Å². The molecule has 18 heavy (non-hydrogen) atoms. The van der Waals surface area contributed by atoms with Gasteiger partial charge in [0, 0.05) is 12.0 Å². The lowest BCUT2D eigenvalue weighted by atomic mass is 9.69. The highest BCUT2D eigenvalue weighted by molar-refractivity contribution is 7.14. The van der Waals surface area contributed by atoms with E-state index in [1.54, 1.807) is 18.4 Å². The summed E-state index contributed by atoms with van der Waals surface area (Å²) < 4.78 is 5.65. The Labute approximate surface area is 113 Å². The molecule has 0 aliphatic heterocycles. The van der Waals surface area contributed by atoms with Gasteiger partial charge in [-0.25, -0.2) is 0 Å². The number of thiophene rings is 1. The molecule has 100 valence electrons. The molecule has 0 N–H and O–H groups in total. The van der Waals surface area contributed by atoms with E-state index in [2.05, 4.69) is 13.8 Å². The van der Waals surface area contributed by atoms with E-state index in [0.29, 0.717) is 5.41 Å². The summed E-state index contributed by atoms with van der Waals surface area (Å²) in [6.45, 7) is 6.57. The minimum Gasteiger partial charge on any atom is -0.370 e. The molecule has 0 aromatic carbocycles. The minimum atomic E-state index is -0.577. The zero-order valence-corrected chi connectivity index (χ0v) is 12.5. The lowest BCUT2D eigenvalue weighted by Crippen LogP contribution is -2.45. The number of carbonyl (C=O) groups is 1. The van der Waals surface area contributed by atoms with Gasteiger partial charge < -0.3 is 4.74 Å². The van der Waals surface area contributed by atoms with Crippen molar-refractivity contribution in [3.05, 3.63) is 21.9 Å². The quantitative estimate of drug-likeness (QED) is 0.765. The Morgan fingerprint density at radius 3 is 2.28 bits per heavy atom. The van der Waals surface area contributed by atoms with Gasteiger partial charge in [-0.05, 0) is 50.2 Å². The molecular weight excluding hydrogens is 244 g/mol. The molecule has 1 aromatic heterocycles. The summed E-state index contributed by atoms with van der Waals surface area (Å²) in [5, 5.41) is 0. The Bertz CT molecular complexity index is 435. The highest BCUT2D eigenvalue weighted by Crippen LogP contribution is 2.43. The molecule has 1 saturated carbocycles. The summed E-state index contributed by atoms with van der Waals surface area (Å²) >= 11 is 1.57. The highest BCUT2D eigenvalue weighted by atomic mass is 32.1. The second-order valence-electron chi connectivity index (χ2n) is 6.10. The SMILES string of the molecule is COC1(C(=O)c2ccc(C)s2)CCC(C)(C)CC1. The highest BCUT2D eigenvalue weighted by Gasteiger charge is 2.44. The molecule has 1 aliphatic rings. The van der Waals surface area contributed by atoms with E-state index < -0.39 is 5.60 Å². The molecule has 1 heterocycles. The monoisotopic (exact) mass is 266 g/mol. The molecule has 2 rings (SSSR count). The van der Waals surface area contributed by atoms with Crippen LogP contribution >= 0.6 is 11.3 Å². The fourth-order valence-electron chi connectivity index (χ4n) is 2.64. The molecule has 0 radical (unpaired) electrons. The van der Waals surface area contributed by atoms with Gasteiger partial charge in [0.25, 0.3) is 0 Å². The van der Waals surface area contributed by atoms with Gasteiger partial charge in [-0.1, -0.05) is 13.8 Å². The number of aryl methyl sites for hydroxylation is 1. The Hall–Kier alpha value is -0.670. The number of hydrogen-bond acceptors (Lipinski definition) is 3. The number of rotatable bonds is 3. The van der Waals surface area contributed by atoms with Gasteiger partial charge in [0.05, 0.1) is 4.88 Å². The van der Waals surface area contributed by atoms with E-state index in [0.717, 1.165) is 30.6 Å². The van der Waals surface area contributed by atoms with Gasteiger partial charge in [0.1, 0.15) is 5.60 Å². The van der Waals surface area contributed by atoms with Crippen molar-refractivity contribution in [3.63, 3.8) is 0 Å². The maximum Gasteiger partial charge on any atom is 0.204 e. The Morgan fingerprint density at radius 2 is 1.83 bits per heavy atom. The number of methoxy groups -OCH3 is 1. The van der Waals surface area contributed by atoms with Crippen LogP contribution in [0.3, 0.4) is 0 Å². The molecular formula is C15H22O2S. The van der Waals surface area contributed by atoms with Crippen molar-refractivity contribution >= 4 is 17.1 Å². The molecule has 2 nitrogen and oxygen atoms in total. The van der Waals surface area contributed by atoms with Gasteiger partial charge in [0.2, 0.25) is 5.78 Å². The zero-order valence-electron chi connectivity index (χ0n) is 11.7. The lowest BCUT2D eigenvalue weighted by molar-refractivity contribution is -0.0380. The molecule has 0 amide bonds. The Morgan fingerprint density at radius 1 is 1.22 bits per heavy atom. The normalized spacial score (nSPS) is 21.8. The number of ketones is 1. The average Bonchev–Trinajstić information content (AvgIpc) is 2.76. The van der Waals surface area contributed by atoms with Gasteiger partial charge in [-0.2, -0.15) is 0 Å². The maximum atomic E-state index is 12.7. The summed E-state index contributed by atoms with van der Waals surface area (Å²) in [4.78, 5) is 14.7. The number of ether oxygens (including phenoxy) is 1. The van der Waals surface area contributed by atoms with Crippen LogP contribution in [0.2, 0.25) is 0 Å². The summed E-state index contributed by atoms with van der Waals surface area (Å²) in [6, 6.07) is 3.94. The van der Waals surface area contributed by atoms with E-state index in [9.17, 15) is 4.79 Å². The molecule has 3 heteroatoms. The van der Waals surface area contributed by atoms with Crippen molar-refractivity contribution in [1.29, 1.82) is 0 Å². The number of carbonyl (C=O) groups excluding carboxylic acids is 1. The smallest absolute Gasteiger partial charge is 0.204 e. The van der Waals surface area contributed by atoms with Gasteiger partial charge in [-0.3, -0.25) is 4.79 Å². The van der Waals surface area contributed by atoms with Crippen molar-refractivity contribution in [2.75, 3.05) is 7.11 Å². The molecule has 1 fully saturated rings. The van der Waals surface area contributed by atoms with Crippen LogP contribution in [-0.2, 0) is 4.74 Å². The molecule has 0 unspecified atom stereocenters. The van der Waals surface area contributed by atoms with Crippen molar-refractivity contribution in [2.24, 2.45) is 5.41 Å². The second-order valence-corrected chi connectivity index (χ2v) is 7.39. The third-order valence-corrected chi connectivity index (χ3v) is 5.18. The van der Waals surface area contributed by atoms with E-state index >= 15 is 0 Å². The number of Topliss-reactive ketones (excluding diaryl/α,β-unsaturated/α-hetero) is 1. The molecule has 0 atom stereocenters. The first-order valence-corrected chi connectivity index (χ1v) is 7.37. The Balaban J connectivity index is 2.21. The van der Waals surface area contributed by atoms with Crippen molar-refractivity contribution in [2.45, 2.75) is 52.1 Å². The van der Waals surface area contributed by atoms with Crippen LogP contribution in [0.5, 0.6) is 0 Å². The fourth-order valence-corrected chi connectivity index (χ4v) is 3.53. The van der Waals surface area contributed by atoms with Crippen LogP contribution in [0.1, 0.15) is 54.1 Å². The van der Waals surface area contributed by atoms with E-state index in [4.69, 9.17) is 4.74 Å². The summed E-state index contributed by atoms with van der Waals surface area (Å²) in [7, 11) is 1.68. The summed E-state index contributed by atoms with van der Waals surface area (Å²) in [5.41, 5.74) is -0.236. The lowest BCUT2D eigenvalue weighted by Gasteiger charge is -2.41. The number of hydrogen-bond donors (Lipinski definition) is 0. The third kappa shape index (κ3) is 2.52. The molecule has 1 aromatic rings. The summed E-state index contributed by atoms with van der Waals surface area (Å²) in [6.07, 6.45) is 3.78. The predicted molar refractivity (Wildman–Crippen MR) is 75.4 cm³/mol. The summed E-state index contributed by atoms with van der Waals surface area (Å²) in [5.74, 6) is 0.179. The van der Waals surface area contributed by atoms with Gasteiger partial charge in [0.15, 0.2) is 0 Å². The maximum absolute atomic E-state index is 12.7. The fraction of sp³-hybridized carbons (Fsp3) is 0.667. The predicted octanol–water partition coefficient (Wildman–Crippen LogP) is 4.22. The molecule has 0 saturated heterocycles. The average molecular weight is 266 g/mol. The van der Waals surface area contributed by atoms with Crippen LogP contribution in [0.15, 0.2) is 12.1 Å². The standard InChI is InChI=1S/C15H22O2S/c1-11-5-6-12(18-11)13(16)15(17-4)9-7-14(2,3)8-10-15/h5-6H,7-10H2,1-4H3. The first-order chi connectivity index (χ1) is 8.38. The van der Waals surface area contributed by atoms with Crippen LogP contribution < -0.4 is 0 Å². The third-order valence-electron chi connectivity index (χ3n) is 4.18.